The molecule has 0 fully saturated rings. The molecule has 0 aliphatic carbocycles. The van der Waals surface area contributed by atoms with Crippen LogP contribution in [0.4, 0.5) is 0 Å². The SMILES string of the molecule is CCCC[I-]P(=[N-])([I-]CCCC)[I-]CCCC.[CH3-].[Cl][Ti][Cl]. The summed E-state index contributed by atoms with van der Waals surface area (Å²) in [6.07, 6.45) is 8.10. The van der Waals surface area contributed by atoms with Gasteiger partial charge in [0.1, 0.15) is 0 Å². The summed E-state index contributed by atoms with van der Waals surface area (Å²) in [7, 11) is 9.78. The molecule has 136 valence electrons. The molecule has 0 unspecified atom stereocenters. The second kappa shape index (κ2) is 23.7. The van der Waals surface area contributed by atoms with Gasteiger partial charge in [-0.1, -0.05) is 0 Å². The number of hydrogen-bond donors (Lipinski definition) is 0. The molecule has 0 heterocycles. The van der Waals surface area contributed by atoms with Crippen LogP contribution in [-0.2, 0) is 17.0 Å². The summed E-state index contributed by atoms with van der Waals surface area (Å²) in [6.45, 7) is 6.83. The van der Waals surface area contributed by atoms with E-state index in [0.29, 0.717) is 0 Å². The Morgan fingerprint density at radius 2 is 1.05 bits per heavy atom. The van der Waals surface area contributed by atoms with Crippen molar-refractivity contribution in [2.24, 2.45) is 0 Å². The molecule has 0 spiro atoms. The molecule has 0 saturated heterocycles. The average molecular weight is 731 g/mol. The Labute approximate surface area is 180 Å². The molecule has 0 aromatic rings. The first kappa shape index (κ1) is 29.5. The first-order valence-corrected chi connectivity index (χ1v) is 26.0. The number of rotatable bonds is 12. The van der Waals surface area contributed by atoms with E-state index in [0.717, 1.165) is 0 Å². The first-order valence-electron chi connectivity index (χ1n) is 7.01. The van der Waals surface area contributed by atoms with Crippen molar-refractivity contribution < 1.29 is 79.0 Å². The quantitative estimate of drug-likeness (QED) is 0.0555. The molecule has 21 heavy (non-hydrogen) atoms. The number of hydrogen-bond acceptors (Lipinski definition) is 0. The second-order valence-corrected chi connectivity index (χ2v) is 46.7. The van der Waals surface area contributed by atoms with Crippen molar-refractivity contribution in [1.82, 2.24) is 0 Å². The third-order valence-electron chi connectivity index (χ3n) is 2.15. The van der Waals surface area contributed by atoms with Gasteiger partial charge in [0.25, 0.3) is 0 Å². The Balaban J connectivity index is -0.000000740. The van der Waals surface area contributed by atoms with Crippen molar-refractivity contribution in [3.05, 3.63) is 12.6 Å². The van der Waals surface area contributed by atoms with Crippen LogP contribution < -0.4 is 62.0 Å². The zero-order valence-electron chi connectivity index (χ0n) is 13.6. The molecule has 0 rings (SSSR count). The molecular weight excluding hydrogens is 701 g/mol. The minimum atomic E-state index is -1.23. The van der Waals surface area contributed by atoms with E-state index >= 15 is 0 Å². The van der Waals surface area contributed by atoms with Gasteiger partial charge in [-0.05, 0) is 0 Å². The van der Waals surface area contributed by atoms with Gasteiger partial charge in [-0.25, -0.2) is 0 Å². The third-order valence-corrected chi connectivity index (χ3v) is 48.7. The predicted molar refractivity (Wildman–Crippen MR) is 87.7 cm³/mol. The average Bonchev–Trinajstić information content (AvgIpc) is 2.41. The van der Waals surface area contributed by atoms with E-state index in [2.05, 4.69) is 20.8 Å². The van der Waals surface area contributed by atoms with Gasteiger partial charge in [-0.3, -0.25) is 0 Å². The van der Waals surface area contributed by atoms with Crippen molar-refractivity contribution >= 4 is 18.6 Å². The van der Waals surface area contributed by atoms with Crippen molar-refractivity contribution in [2.45, 2.75) is 59.3 Å². The number of alkyl halides is 3. The van der Waals surface area contributed by atoms with E-state index in [1.54, 1.807) is 0 Å². The van der Waals surface area contributed by atoms with Crippen molar-refractivity contribution in [2.75, 3.05) is 13.3 Å². The molecule has 0 aliphatic heterocycles. The number of halogens is 5. The van der Waals surface area contributed by atoms with Crippen LogP contribution in [0.2, 0.25) is 0 Å². The summed E-state index contributed by atoms with van der Waals surface area (Å²) in [5.74, 6) is 0. The van der Waals surface area contributed by atoms with Crippen LogP contribution in [0.25, 0.3) is 5.16 Å². The molecule has 0 amide bonds. The number of unbranched alkanes of at least 4 members (excludes halogenated alkanes) is 3. The van der Waals surface area contributed by atoms with E-state index in [4.69, 9.17) is 18.6 Å². The summed E-state index contributed by atoms with van der Waals surface area (Å²) in [5, 5.41) is 10.9. The molecule has 0 aliphatic rings. The molecule has 1 nitrogen and oxygen atoms in total. The summed E-state index contributed by atoms with van der Waals surface area (Å²) < 4.78 is 3.01. The molecule has 0 saturated carbocycles. The summed E-state index contributed by atoms with van der Waals surface area (Å²) in [6, 6.07) is 0. The van der Waals surface area contributed by atoms with Crippen molar-refractivity contribution in [1.29, 1.82) is 0 Å². The summed E-state index contributed by atoms with van der Waals surface area (Å²) >= 11 is 0.0376. The molecule has 0 aromatic heterocycles. The van der Waals surface area contributed by atoms with Gasteiger partial charge in [0, 0.05) is 0 Å². The number of nitrogens with zero attached hydrogens (tertiary/aromatic N) is 1. The van der Waals surface area contributed by atoms with E-state index in [1.807, 2.05) is 0 Å². The molecule has 0 bridgehead atoms. The van der Waals surface area contributed by atoms with Crippen LogP contribution in [0, 0.1) is 7.43 Å². The van der Waals surface area contributed by atoms with Crippen LogP contribution in [0.3, 0.4) is 0 Å². The standard InChI is InChI=1S/C12H27I3NP.CH3.2ClH.Ti/c1-4-7-10-13-17(16,14-11-8-5-2)15-12-9-6-3;;;;/h4-12H2,1-3H3;1H3;2*1H;/q-4;-1;;;+2/p-2. The molecule has 0 N–H and O–H groups in total. The van der Waals surface area contributed by atoms with Crippen LogP contribution in [0.1, 0.15) is 59.3 Å². The fourth-order valence-electron chi connectivity index (χ4n) is 0.981. The zero-order valence-corrected chi connectivity index (χ0v) is 24.1. The topological polar surface area (TPSA) is 22.3 Å². The maximum absolute atomic E-state index is 10.9. The minimum absolute atomic E-state index is 0. The van der Waals surface area contributed by atoms with Gasteiger partial charge >= 0.3 is 175 Å². The van der Waals surface area contributed by atoms with Gasteiger partial charge in [-0.2, -0.15) is 0 Å². The molecular formula is C13H30Cl2I3NPTi-5. The monoisotopic (exact) mass is 730 g/mol. The second-order valence-electron chi connectivity index (χ2n) is 3.98. The third kappa shape index (κ3) is 23.7. The van der Waals surface area contributed by atoms with Crippen LogP contribution in [0.15, 0.2) is 0 Å². The molecule has 0 aromatic carbocycles. The zero-order chi connectivity index (χ0) is 15.7. The predicted octanol–water partition coefficient (Wildman–Crippen LogP) is -2.00. The Bertz CT molecular complexity index is 206. The van der Waals surface area contributed by atoms with Gasteiger partial charge in [0.2, 0.25) is 0 Å². The van der Waals surface area contributed by atoms with E-state index < -0.39 is 17.0 Å². The van der Waals surface area contributed by atoms with Gasteiger partial charge in [0.05, 0.1) is 0 Å². The van der Waals surface area contributed by atoms with Crippen molar-refractivity contribution in [3.63, 3.8) is 0 Å². The Hall–Kier alpha value is 3.71. The molecule has 8 heteroatoms. The van der Waals surface area contributed by atoms with Gasteiger partial charge in [0.15, 0.2) is 0 Å². The molecule has 0 radical (unpaired) electrons. The summed E-state index contributed by atoms with van der Waals surface area (Å²) in [5.41, 5.74) is 0. The van der Waals surface area contributed by atoms with E-state index in [-0.39, 0.29) is 69.4 Å². The van der Waals surface area contributed by atoms with Crippen molar-refractivity contribution in [3.8, 4) is 0 Å². The fourth-order valence-corrected chi connectivity index (χ4v) is 47.4. The van der Waals surface area contributed by atoms with Crippen LogP contribution >= 0.6 is 18.6 Å². The van der Waals surface area contributed by atoms with Crippen LogP contribution in [-0.4, -0.2) is 13.3 Å². The first-order chi connectivity index (χ1) is 9.60. The molecule has 0 atom stereocenters. The Morgan fingerprint density at radius 3 is 1.24 bits per heavy atom. The Kier molecular flexibility index (Phi) is 33.3. The maximum atomic E-state index is 10.9. The summed E-state index contributed by atoms with van der Waals surface area (Å²) in [4.78, 5) is 0. The van der Waals surface area contributed by atoms with E-state index in [9.17, 15) is 5.16 Å². The van der Waals surface area contributed by atoms with E-state index in [1.165, 1.54) is 51.8 Å². The fraction of sp³-hybridized carbons (Fsp3) is 0.923. The Morgan fingerprint density at radius 1 is 0.810 bits per heavy atom. The van der Waals surface area contributed by atoms with Gasteiger partial charge < -0.3 is 7.43 Å². The van der Waals surface area contributed by atoms with Crippen LogP contribution in [0.5, 0.6) is 0 Å². The normalized spacial score (nSPS) is 10.9. The van der Waals surface area contributed by atoms with Gasteiger partial charge in [-0.15, -0.1) is 0 Å².